The summed E-state index contributed by atoms with van der Waals surface area (Å²) in [5, 5.41) is 0. The van der Waals surface area contributed by atoms with Crippen LogP contribution < -0.4 is 4.72 Å². The predicted molar refractivity (Wildman–Crippen MR) is 85.9 cm³/mol. The average Bonchev–Trinajstić information content (AvgIpc) is 2.46. The van der Waals surface area contributed by atoms with Crippen molar-refractivity contribution in [3.05, 3.63) is 59.7 Å². The Labute approximate surface area is 129 Å². The highest BCUT2D eigenvalue weighted by Gasteiger charge is 2.14. The predicted octanol–water partition coefficient (Wildman–Crippen LogP) is 2.57. The van der Waals surface area contributed by atoms with Gasteiger partial charge in [-0.25, -0.2) is 13.1 Å². The summed E-state index contributed by atoms with van der Waals surface area (Å²) >= 11 is 0. The maximum atomic E-state index is 11.8. The minimum atomic E-state index is -3.80. The van der Waals surface area contributed by atoms with Crippen molar-refractivity contribution in [2.75, 3.05) is 0 Å². The van der Waals surface area contributed by atoms with Gasteiger partial charge in [-0.3, -0.25) is 9.79 Å². The number of benzene rings is 2. The molecular weight excluding hydrogens is 300 g/mol. The normalized spacial score (nSPS) is 11.5. The molecule has 5 nitrogen and oxygen atoms in total. The smallest absolute Gasteiger partial charge is 0.264 e. The number of carbonyl (C=O) groups excluding carboxylic acids is 1. The fourth-order valence-electron chi connectivity index (χ4n) is 1.76. The number of nitrogens with zero attached hydrogens (tertiary/aromatic N) is 1. The van der Waals surface area contributed by atoms with Crippen LogP contribution in [0.4, 0.5) is 5.69 Å². The van der Waals surface area contributed by atoms with E-state index in [1.807, 2.05) is 35.9 Å². The number of hydrogen-bond donors (Lipinski definition) is 1. The molecule has 0 aliphatic rings. The number of aryl methyl sites for hydroxylation is 1. The van der Waals surface area contributed by atoms with Gasteiger partial charge in [0, 0.05) is 13.1 Å². The summed E-state index contributed by atoms with van der Waals surface area (Å²) in [5.74, 6) is -0.624. The molecule has 0 saturated heterocycles. The second-order valence-electron chi connectivity index (χ2n) is 4.82. The molecule has 0 radical (unpaired) electrons. The lowest BCUT2D eigenvalue weighted by molar-refractivity contribution is -0.117. The second-order valence-corrected chi connectivity index (χ2v) is 6.51. The van der Waals surface area contributed by atoms with Gasteiger partial charge in [0.15, 0.2) is 0 Å². The van der Waals surface area contributed by atoms with E-state index in [0.717, 1.165) is 12.5 Å². The Bertz CT molecular complexity index is 792. The third-order valence-electron chi connectivity index (χ3n) is 2.87. The number of amides is 1. The van der Waals surface area contributed by atoms with Crippen molar-refractivity contribution < 1.29 is 13.2 Å². The summed E-state index contributed by atoms with van der Waals surface area (Å²) in [6.45, 7) is 3.16. The molecule has 0 fully saturated rings. The molecule has 0 atom stereocenters. The Hall–Kier alpha value is -2.47. The molecule has 2 rings (SSSR count). The Kier molecular flexibility index (Phi) is 4.72. The van der Waals surface area contributed by atoms with Crippen molar-refractivity contribution in [3.8, 4) is 0 Å². The molecule has 22 heavy (non-hydrogen) atoms. The summed E-state index contributed by atoms with van der Waals surface area (Å²) in [5.41, 5.74) is 2.76. The molecule has 0 spiro atoms. The first-order chi connectivity index (χ1) is 10.4. The fraction of sp³-hybridized carbons (Fsp3) is 0.125. The number of hydrogen-bond acceptors (Lipinski definition) is 4. The third kappa shape index (κ3) is 4.26. The molecular formula is C16H16N2O3S. The number of aliphatic imine (C=N–C) groups is 1. The van der Waals surface area contributed by atoms with Crippen LogP contribution in [0.1, 0.15) is 18.1 Å². The van der Waals surface area contributed by atoms with E-state index in [-0.39, 0.29) is 4.90 Å². The van der Waals surface area contributed by atoms with Crippen LogP contribution in [0.3, 0.4) is 0 Å². The maximum Gasteiger partial charge on any atom is 0.264 e. The molecule has 1 amide bonds. The van der Waals surface area contributed by atoms with Crippen molar-refractivity contribution in [2.24, 2.45) is 4.99 Å². The lowest BCUT2D eigenvalue weighted by Gasteiger charge is -2.04. The van der Waals surface area contributed by atoms with Crippen LogP contribution in [0.25, 0.3) is 0 Å². The first-order valence-corrected chi connectivity index (χ1v) is 8.09. The van der Waals surface area contributed by atoms with Crippen LogP contribution in [0.5, 0.6) is 0 Å². The highest BCUT2D eigenvalue weighted by Crippen LogP contribution is 2.16. The van der Waals surface area contributed by atoms with Crippen LogP contribution in [0, 0.1) is 6.92 Å². The minimum Gasteiger partial charge on any atom is -0.274 e. The van der Waals surface area contributed by atoms with Crippen molar-refractivity contribution >= 4 is 27.8 Å². The zero-order valence-corrected chi connectivity index (χ0v) is 13.1. The molecule has 2 aromatic carbocycles. The zero-order chi connectivity index (χ0) is 16.2. The van der Waals surface area contributed by atoms with E-state index in [2.05, 4.69) is 4.99 Å². The maximum absolute atomic E-state index is 11.8. The molecule has 1 N–H and O–H groups in total. The number of nitrogens with one attached hydrogen (secondary N) is 1. The summed E-state index contributed by atoms with van der Waals surface area (Å²) in [6, 6.07) is 13.9. The van der Waals surface area contributed by atoms with E-state index in [1.165, 1.54) is 17.7 Å². The second kappa shape index (κ2) is 6.53. The molecule has 6 heteroatoms. The summed E-state index contributed by atoms with van der Waals surface area (Å²) < 4.78 is 25.5. The molecule has 0 aromatic heterocycles. The van der Waals surface area contributed by atoms with Gasteiger partial charge in [0.05, 0.1) is 10.6 Å². The van der Waals surface area contributed by atoms with Crippen molar-refractivity contribution in [3.63, 3.8) is 0 Å². The summed E-state index contributed by atoms with van der Waals surface area (Å²) in [4.78, 5) is 15.2. The first kappa shape index (κ1) is 15.9. The minimum absolute atomic E-state index is 0.0250. The van der Waals surface area contributed by atoms with E-state index >= 15 is 0 Å². The first-order valence-electron chi connectivity index (χ1n) is 6.61. The Balaban J connectivity index is 2.15. The lowest BCUT2D eigenvalue weighted by Crippen LogP contribution is -2.28. The highest BCUT2D eigenvalue weighted by atomic mass is 32.2. The van der Waals surface area contributed by atoms with Crippen molar-refractivity contribution in [2.45, 2.75) is 18.7 Å². The molecule has 0 aliphatic carbocycles. The fourth-order valence-corrected chi connectivity index (χ4v) is 2.75. The number of rotatable bonds is 4. The Morgan fingerprint density at radius 3 is 2.18 bits per heavy atom. The molecule has 0 saturated carbocycles. The molecule has 0 aliphatic heterocycles. The van der Waals surface area contributed by atoms with Crippen molar-refractivity contribution in [1.29, 1.82) is 0 Å². The van der Waals surface area contributed by atoms with Gasteiger partial charge in [-0.1, -0.05) is 29.8 Å². The van der Waals surface area contributed by atoms with E-state index in [1.54, 1.807) is 18.3 Å². The summed E-state index contributed by atoms with van der Waals surface area (Å²) in [7, 11) is -3.80. The quantitative estimate of drug-likeness (QED) is 0.881. The van der Waals surface area contributed by atoms with Gasteiger partial charge in [0.1, 0.15) is 0 Å². The zero-order valence-electron chi connectivity index (χ0n) is 12.3. The van der Waals surface area contributed by atoms with E-state index in [4.69, 9.17) is 0 Å². The molecule has 2 aromatic rings. The van der Waals surface area contributed by atoms with Gasteiger partial charge < -0.3 is 0 Å². The SMILES string of the molecule is CC(=O)NS(=O)(=O)c1ccc(N=Cc2ccc(C)cc2)cc1. The Morgan fingerprint density at radius 2 is 1.64 bits per heavy atom. The van der Waals surface area contributed by atoms with Gasteiger partial charge in [-0.05, 0) is 36.8 Å². The summed E-state index contributed by atoms with van der Waals surface area (Å²) in [6.07, 6.45) is 1.71. The highest BCUT2D eigenvalue weighted by molar-refractivity contribution is 7.90. The number of carbonyl (C=O) groups is 1. The lowest BCUT2D eigenvalue weighted by atomic mass is 10.2. The van der Waals surface area contributed by atoms with Gasteiger partial charge in [-0.2, -0.15) is 0 Å². The largest absolute Gasteiger partial charge is 0.274 e. The van der Waals surface area contributed by atoms with Crippen LogP contribution in [0.15, 0.2) is 58.4 Å². The van der Waals surface area contributed by atoms with E-state index < -0.39 is 15.9 Å². The van der Waals surface area contributed by atoms with E-state index in [0.29, 0.717) is 5.69 Å². The van der Waals surface area contributed by atoms with Gasteiger partial charge >= 0.3 is 0 Å². The van der Waals surface area contributed by atoms with Gasteiger partial charge in [0.25, 0.3) is 10.0 Å². The van der Waals surface area contributed by atoms with Crippen LogP contribution >= 0.6 is 0 Å². The van der Waals surface area contributed by atoms with Gasteiger partial charge in [-0.15, -0.1) is 0 Å². The van der Waals surface area contributed by atoms with Crippen molar-refractivity contribution in [1.82, 2.24) is 4.72 Å². The molecule has 114 valence electrons. The Morgan fingerprint density at radius 1 is 1.05 bits per heavy atom. The van der Waals surface area contributed by atoms with E-state index in [9.17, 15) is 13.2 Å². The number of sulfonamides is 1. The monoisotopic (exact) mass is 316 g/mol. The standard InChI is InChI=1S/C16H16N2O3S/c1-12-3-5-14(6-4-12)11-17-15-7-9-16(10-8-15)22(20,21)18-13(2)19/h3-11H,1-2H3,(H,18,19). The van der Waals surface area contributed by atoms with Crippen LogP contribution in [-0.4, -0.2) is 20.5 Å². The molecule has 0 heterocycles. The molecule has 0 unspecified atom stereocenters. The topological polar surface area (TPSA) is 75.6 Å². The molecule has 0 bridgehead atoms. The third-order valence-corrected chi connectivity index (χ3v) is 4.31. The van der Waals surface area contributed by atoms with Gasteiger partial charge in [0.2, 0.25) is 5.91 Å². The average molecular weight is 316 g/mol. The van der Waals surface area contributed by atoms with Crippen LogP contribution in [-0.2, 0) is 14.8 Å². The van der Waals surface area contributed by atoms with Crippen LogP contribution in [0.2, 0.25) is 0 Å².